The first kappa shape index (κ1) is 17.8. The van der Waals surface area contributed by atoms with Crippen molar-refractivity contribution in [3.63, 3.8) is 0 Å². The van der Waals surface area contributed by atoms with Gasteiger partial charge in [0.25, 0.3) is 0 Å². The number of aliphatic carboxylic acids is 1. The number of hydrogen-bond acceptors (Lipinski definition) is 3. The highest BCUT2D eigenvalue weighted by atomic mass is 16.4. The van der Waals surface area contributed by atoms with Crippen LogP contribution >= 0.6 is 0 Å². The Morgan fingerprint density at radius 3 is 2.93 bits per heavy atom. The number of aromatic amines is 1. The Hall–Kier alpha value is -2.60. The quantitative estimate of drug-likeness (QED) is 0.597. The average molecular weight is 366 g/mol. The molecule has 1 atom stereocenters. The highest BCUT2D eigenvalue weighted by Gasteiger charge is 2.23. The van der Waals surface area contributed by atoms with Crippen molar-refractivity contribution in [1.82, 2.24) is 20.1 Å². The van der Waals surface area contributed by atoms with Crippen LogP contribution in [-0.2, 0) is 17.8 Å². The Kier molecular flexibility index (Phi) is 4.99. The van der Waals surface area contributed by atoms with Crippen LogP contribution in [-0.4, -0.2) is 31.9 Å². The number of fused-ring (bicyclic) bond motifs is 1. The molecule has 0 spiro atoms. The van der Waals surface area contributed by atoms with Gasteiger partial charge in [0, 0.05) is 30.1 Å². The van der Waals surface area contributed by atoms with E-state index in [2.05, 4.69) is 26.1 Å². The van der Waals surface area contributed by atoms with Gasteiger partial charge in [0.05, 0.1) is 17.4 Å². The monoisotopic (exact) mass is 366 g/mol. The lowest BCUT2D eigenvalue weighted by Crippen LogP contribution is -2.38. The molecule has 4 rings (SSSR count). The van der Waals surface area contributed by atoms with Gasteiger partial charge in [-0.2, -0.15) is 5.10 Å². The number of para-hydroxylation sites is 1. The lowest BCUT2D eigenvalue weighted by molar-refractivity contribution is -0.139. The van der Waals surface area contributed by atoms with Gasteiger partial charge in [-0.15, -0.1) is 0 Å². The Morgan fingerprint density at radius 2 is 2.15 bits per heavy atom. The van der Waals surface area contributed by atoms with Crippen LogP contribution in [0.25, 0.3) is 10.9 Å². The highest BCUT2D eigenvalue weighted by Crippen LogP contribution is 2.30. The average Bonchev–Trinajstić information content (AvgIpc) is 3.38. The smallest absolute Gasteiger partial charge is 0.321 e. The maximum Gasteiger partial charge on any atom is 0.321 e. The first-order chi connectivity index (χ1) is 13.1. The molecule has 142 valence electrons. The maximum atomic E-state index is 11.8. The minimum absolute atomic E-state index is 0.440. The van der Waals surface area contributed by atoms with E-state index in [9.17, 15) is 9.90 Å². The van der Waals surface area contributed by atoms with Crippen molar-refractivity contribution in [3.05, 3.63) is 53.5 Å². The minimum atomic E-state index is -0.830. The molecule has 0 aliphatic heterocycles. The molecule has 0 unspecified atom stereocenters. The zero-order valence-corrected chi connectivity index (χ0v) is 15.6. The molecule has 0 saturated heterocycles. The molecule has 0 amide bonds. The van der Waals surface area contributed by atoms with Crippen molar-refractivity contribution < 1.29 is 9.90 Å². The van der Waals surface area contributed by atoms with Crippen molar-refractivity contribution >= 4 is 16.9 Å². The molecule has 1 fully saturated rings. The van der Waals surface area contributed by atoms with E-state index in [4.69, 9.17) is 0 Å². The van der Waals surface area contributed by atoms with E-state index in [1.54, 1.807) is 0 Å². The second-order valence-electron chi connectivity index (χ2n) is 7.50. The largest absolute Gasteiger partial charge is 0.480 e. The summed E-state index contributed by atoms with van der Waals surface area (Å²) in [5.41, 5.74) is 4.12. The van der Waals surface area contributed by atoms with E-state index in [1.807, 2.05) is 37.4 Å². The van der Waals surface area contributed by atoms with Crippen molar-refractivity contribution in [2.75, 3.05) is 0 Å². The number of aromatic nitrogens is 3. The Balaban J connectivity index is 1.49. The normalized spacial score (nSPS) is 16.2. The van der Waals surface area contributed by atoms with Crippen LogP contribution in [0.2, 0.25) is 0 Å². The third kappa shape index (κ3) is 3.76. The lowest BCUT2D eigenvalue weighted by atomic mass is 10.0. The standard InChI is InChI=1S/C21H26N4O2/c1-14-10-17(25(24-14)16-6-2-3-7-16)13-23-20(21(26)27)11-15-12-22-19-9-5-4-8-18(15)19/h4-5,8-10,12,16,20,22-23H,2-3,6-7,11,13H2,1H3,(H,26,27)/t20-/m0/s1. The molecule has 6 nitrogen and oxygen atoms in total. The first-order valence-corrected chi connectivity index (χ1v) is 9.68. The third-order valence-corrected chi connectivity index (χ3v) is 5.53. The van der Waals surface area contributed by atoms with Gasteiger partial charge in [-0.3, -0.25) is 14.8 Å². The number of carbonyl (C=O) groups is 1. The molecule has 2 heterocycles. The molecular formula is C21H26N4O2. The molecule has 0 bridgehead atoms. The molecule has 1 aliphatic rings. The van der Waals surface area contributed by atoms with E-state index >= 15 is 0 Å². The summed E-state index contributed by atoms with van der Waals surface area (Å²) in [6.45, 7) is 2.51. The predicted molar refractivity (Wildman–Crippen MR) is 105 cm³/mol. The van der Waals surface area contributed by atoms with Crippen LogP contribution in [0, 0.1) is 6.92 Å². The van der Waals surface area contributed by atoms with Gasteiger partial charge in [0.2, 0.25) is 0 Å². The van der Waals surface area contributed by atoms with Crippen molar-refractivity contribution in [2.24, 2.45) is 0 Å². The van der Waals surface area contributed by atoms with Gasteiger partial charge in [0.15, 0.2) is 0 Å². The number of carboxylic acids is 1. The fraction of sp³-hybridized carbons (Fsp3) is 0.429. The fourth-order valence-corrected chi connectivity index (χ4v) is 4.16. The zero-order valence-electron chi connectivity index (χ0n) is 15.6. The van der Waals surface area contributed by atoms with Crippen molar-refractivity contribution in [1.29, 1.82) is 0 Å². The molecular weight excluding hydrogens is 340 g/mol. The summed E-state index contributed by atoms with van der Waals surface area (Å²) in [4.78, 5) is 15.1. The molecule has 6 heteroatoms. The van der Waals surface area contributed by atoms with Crippen LogP contribution in [0.4, 0.5) is 0 Å². The van der Waals surface area contributed by atoms with Crippen LogP contribution in [0.1, 0.15) is 48.7 Å². The number of hydrogen-bond donors (Lipinski definition) is 3. The number of H-pyrrole nitrogens is 1. The number of rotatable bonds is 7. The van der Waals surface area contributed by atoms with Gasteiger partial charge in [-0.05, 0) is 37.5 Å². The molecule has 1 aromatic carbocycles. The van der Waals surface area contributed by atoms with E-state index < -0.39 is 12.0 Å². The number of nitrogens with one attached hydrogen (secondary N) is 2. The molecule has 1 saturated carbocycles. The summed E-state index contributed by atoms with van der Waals surface area (Å²) < 4.78 is 2.11. The van der Waals surface area contributed by atoms with Crippen molar-refractivity contribution in [3.8, 4) is 0 Å². The van der Waals surface area contributed by atoms with E-state index in [1.165, 1.54) is 12.8 Å². The van der Waals surface area contributed by atoms with Gasteiger partial charge < -0.3 is 10.1 Å². The highest BCUT2D eigenvalue weighted by molar-refractivity contribution is 5.84. The number of carboxylic acid groups (broad SMARTS) is 1. The SMILES string of the molecule is Cc1cc(CN[C@@H](Cc2c[nH]c3ccccc23)C(=O)O)n(C2CCCC2)n1. The van der Waals surface area contributed by atoms with Crippen LogP contribution < -0.4 is 5.32 Å². The molecule has 0 radical (unpaired) electrons. The van der Waals surface area contributed by atoms with E-state index in [0.717, 1.165) is 40.7 Å². The third-order valence-electron chi connectivity index (χ3n) is 5.53. The summed E-state index contributed by atoms with van der Waals surface area (Å²) >= 11 is 0. The van der Waals surface area contributed by atoms with Crippen molar-refractivity contribution in [2.45, 2.75) is 57.7 Å². The molecule has 27 heavy (non-hydrogen) atoms. The van der Waals surface area contributed by atoms with Crippen LogP contribution in [0.15, 0.2) is 36.5 Å². The zero-order chi connectivity index (χ0) is 18.8. The number of nitrogens with zero attached hydrogens (tertiary/aromatic N) is 2. The predicted octanol–water partition coefficient (Wildman–Crippen LogP) is 3.57. The Bertz CT molecular complexity index is 937. The lowest BCUT2D eigenvalue weighted by Gasteiger charge is -2.17. The Morgan fingerprint density at radius 1 is 1.37 bits per heavy atom. The first-order valence-electron chi connectivity index (χ1n) is 9.68. The number of benzene rings is 1. The summed E-state index contributed by atoms with van der Waals surface area (Å²) in [7, 11) is 0. The van der Waals surface area contributed by atoms with Crippen LogP contribution in [0.3, 0.4) is 0 Å². The van der Waals surface area contributed by atoms with E-state index in [-0.39, 0.29) is 0 Å². The topological polar surface area (TPSA) is 82.9 Å². The molecule has 1 aliphatic carbocycles. The Labute approximate surface area is 158 Å². The summed E-state index contributed by atoms with van der Waals surface area (Å²) in [6.07, 6.45) is 7.16. The summed E-state index contributed by atoms with van der Waals surface area (Å²) in [6, 6.07) is 9.86. The molecule has 2 aromatic heterocycles. The fourth-order valence-electron chi connectivity index (χ4n) is 4.16. The second kappa shape index (κ2) is 7.56. The van der Waals surface area contributed by atoms with Gasteiger partial charge in [-0.25, -0.2) is 0 Å². The summed E-state index contributed by atoms with van der Waals surface area (Å²) in [5, 5.41) is 18.7. The maximum absolute atomic E-state index is 11.8. The van der Waals surface area contributed by atoms with E-state index in [0.29, 0.717) is 19.0 Å². The van der Waals surface area contributed by atoms with Gasteiger partial charge in [-0.1, -0.05) is 31.0 Å². The van der Waals surface area contributed by atoms with Crippen LogP contribution in [0.5, 0.6) is 0 Å². The summed E-state index contributed by atoms with van der Waals surface area (Å²) in [5.74, 6) is -0.830. The minimum Gasteiger partial charge on any atom is -0.480 e. The van der Waals surface area contributed by atoms with Gasteiger partial charge >= 0.3 is 5.97 Å². The molecule has 3 aromatic rings. The number of aryl methyl sites for hydroxylation is 1. The second-order valence-corrected chi connectivity index (χ2v) is 7.50. The van der Waals surface area contributed by atoms with Gasteiger partial charge in [0.1, 0.15) is 6.04 Å². The molecule has 3 N–H and O–H groups in total.